The summed E-state index contributed by atoms with van der Waals surface area (Å²) in [5.41, 5.74) is 6.30. The maximum atomic E-state index is 11.6. The Labute approximate surface area is 193 Å². The number of rotatable bonds is 4. The van der Waals surface area contributed by atoms with Gasteiger partial charge in [-0.2, -0.15) is 0 Å². The summed E-state index contributed by atoms with van der Waals surface area (Å²) in [5.74, 6) is 1.21. The Morgan fingerprint density at radius 1 is 1.09 bits per heavy atom. The van der Waals surface area contributed by atoms with Crippen LogP contribution in [0.15, 0.2) is 42.7 Å². The number of piperazine rings is 1. The summed E-state index contributed by atoms with van der Waals surface area (Å²) >= 11 is 0. The largest absolute Gasteiger partial charge is 0.365 e. The van der Waals surface area contributed by atoms with E-state index in [-0.39, 0.29) is 5.91 Å². The van der Waals surface area contributed by atoms with Crippen LogP contribution in [0, 0.1) is 6.92 Å². The van der Waals surface area contributed by atoms with E-state index in [0.29, 0.717) is 36.7 Å². The van der Waals surface area contributed by atoms with Crippen molar-refractivity contribution < 1.29 is 4.79 Å². The van der Waals surface area contributed by atoms with Gasteiger partial charge in [-0.05, 0) is 68.3 Å². The summed E-state index contributed by atoms with van der Waals surface area (Å²) in [6, 6.07) is 11.7. The van der Waals surface area contributed by atoms with Crippen molar-refractivity contribution in [1.82, 2.24) is 19.9 Å². The van der Waals surface area contributed by atoms with Crippen LogP contribution in [0.3, 0.4) is 0 Å². The molecule has 6 rings (SSSR count). The molecule has 5 heterocycles. The first-order chi connectivity index (χ1) is 16.0. The molecule has 2 saturated heterocycles. The molecule has 1 aromatic carbocycles. The third kappa shape index (κ3) is 3.70. The summed E-state index contributed by atoms with van der Waals surface area (Å²) < 4.78 is 0. The Morgan fingerprint density at radius 3 is 2.79 bits per heavy atom. The molecule has 3 aliphatic heterocycles. The Bertz CT molecular complexity index is 1240. The molecule has 1 amide bonds. The summed E-state index contributed by atoms with van der Waals surface area (Å²) in [5, 5.41) is 6.18. The predicted molar refractivity (Wildman–Crippen MR) is 129 cm³/mol. The molecule has 0 spiro atoms. The first-order valence-corrected chi connectivity index (χ1v) is 11.5. The molecule has 8 nitrogen and oxygen atoms in total. The van der Waals surface area contributed by atoms with Crippen molar-refractivity contribution in [1.29, 1.82) is 0 Å². The maximum absolute atomic E-state index is 11.6. The van der Waals surface area contributed by atoms with Crippen LogP contribution in [-0.4, -0.2) is 58.0 Å². The number of pyridine rings is 1. The lowest BCUT2D eigenvalue weighted by Gasteiger charge is -2.34. The van der Waals surface area contributed by atoms with E-state index in [9.17, 15) is 4.79 Å². The highest BCUT2D eigenvalue weighted by Gasteiger charge is 2.41. The van der Waals surface area contributed by atoms with Gasteiger partial charge in [-0.1, -0.05) is 0 Å². The Balaban J connectivity index is 1.21. The van der Waals surface area contributed by atoms with Crippen molar-refractivity contribution in [3.05, 3.63) is 53.9 Å². The van der Waals surface area contributed by atoms with Gasteiger partial charge in [0.15, 0.2) is 0 Å². The fraction of sp³-hybridized carbons (Fsp3) is 0.360. The standard InChI is InChI=1S/C25H27N7O/c1-15-9-18(4-5-22(15)32-14-19-11-20(32)13-31(19)2)28-25-26-8-7-21(29-25)17-10-16-3-6-23(33)30-24(16)27-12-17/h4-5,7-10,12,19-20H,3,6,11,13-14H2,1-2H3,(H,26,28,29)(H,27,30,33). The average molecular weight is 442 g/mol. The number of hydrogen-bond donors (Lipinski definition) is 2. The molecule has 33 heavy (non-hydrogen) atoms. The van der Waals surface area contributed by atoms with Gasteiger partial charge in [0.05, 0.1) is 5.69 Å². The summed E-state index contributed by atoms with van der Waals surface area (Å²) in [7, 11) is 2.23. The van der Waals surface area contributed by atoms with Crippen molar-refractivity contribution >= 4 is 29.0 Å². The highest BCUT2D eigenvalue weighted by Crippen LogP contribution is 2.36. The Kier molecular flexibility index (Phi) is 4.76. The lowest BCUT2D eigenvalue weighted by atomic mass is 10.0. The minimum atomic E-state index is 0.0159. The molecular formula is C25H27N7O. The van der Waals surface area contributed by atoms with Gasteiger partial charge < -0.3 is 15.5 Å². The fourth-order valence-electron chi connectivity index (χ4n) is 5.32. The first-order valence-electron chi connectivity index (χ1n) is 11.5. The number of nitrogens with zero attached hydrogens (tertiary/aromatic N) is 5. The highest BCUT2D eigenvalue weighted by molar-refractivity contribution is 5.93. The Morgan fingerprint density at radius 2 is 2.00 bits per heavy atom. The quantitative estimate of drug-likeness (QED) is 0.642. The van der Waals surface area contributed by atoms with Crippen LogP contribution in [0.2, 0.25) is 0 Å². The minimum Gasteiger partial charge on any atom is -0.365 e. The second kappa shape index (κ2) is 7.81. The molecule has 0 radical (unpaired) electrons. The zero-order valence-electron chi connectivity index (χ0n) is 18.9. The van der Waals surface area contributed by atoms with Gasteiger partial charge in [0.2, 0.25) is 11.9 Å². The van der Waals surface area contributed by atoms with Gasteiger partial charge in [0, 0.05) is 60.9 Å². The smallest absolute Gasteiger partial charge is 0.227 e. The van der Waals surface area contributed by atoms with Crippen LogP contribution in [-0.2, 0) is 11.2 Å². The third-order valence-electron chi connectivity index (χ3n) is 7.07. The van der Waals surface area contributed by atoms with Crippen LogP contribution in [0.1, 0.15) is 24.0 Å². The number of carbonyl (C=O) groups is 1. The molecule has 2 N–H and O–H groups in total. The van der Waals surface area contributed by atoms with Crippen molar-refractivity contribution in [3.8, 4) is 11.3 Å². The second-order valence-corrected chi connectivity index (χ2v) is 9.31. The number of aryl methyl sites for hydroxylation is 2. The van der Waals surface area contributed by atoms with E-state index in [1.54, 1.807) is 12.4 Å². The van der Waals surface area contributed by atoms with Gasteiger partial charge in [-0.3, -0.25) is 9.69 Å². The molecule has 0 aliphatic carbocycles. The van der Waals surface area contributed by atoms with Crippen LogP contribution >= 0.6 is 0 Å². The molecule has 3 aromatic rings. The zero-order valence-corrected chi connectivity index (χ0v) is 18.9. The van der Waals surface area contributed by atoms with Gasteiger partial charge in [-0.25, -0.2) is 15.0 Å². The van der Waals surface area contributed by atoms with Crippen LogP contribution in [0.25, 0.3) is 11.3 Å². The summed E-state index contributed by atoms with van der Waals surface area (Å²) in [6.07, 6.45) is 5.94. The van der Waals surface area contributed by atoms with Crippen molar-refractivity contribution in [3.63, 3.8) is 0 Å². The number of anilines is 4. The van der Waals surface area contributed by atoms with E-state index < -0.39 is 0 Å². The maximum Gasteiger partial charge on any atom is 0.227 e. The lowest BCUT2D eigenvalue weighted by Crippen LogP contribution is -2.44. The van der Waals surface area contributed by atoms with E-state index in [0.717, 1.165) is 35.6 Å². The molecule has 8 heteroatoms. The normalized spacial score (nSPS) is 21.8. The number of amides is 1. The van der Waals surface area contributed by atoms with E-state index in [2.05, 4.69) is 62.6 Å². The number of benzene rings is 1. The van der Waals surface area contributed by atoms with Crippen LogP contribution in [0.4, 0.5) is 23.1 Å². The minimum absolute atomic E-state index is 0.0159. The number of likely N-dealkylation sites (tertiary alicyclic amines) is 1. The molecule has 2 aromatic heterocycles. The molecular weight excluding hydrogens is 414 g/mol. The number of hydrogen-bond acceptors (Lipinski definition) is 7. The molecule has 3 aliphatic rings. The predicted octanol–water partition coefficient (Wildman–Crippen LogP) is 3.37. The van der Waals surface area contributed by atoms with E-state index in [4.69, 9.17) is 4.98 Å². The molecule has 0 saturated carbocycles. The number of aromatic nitrogens is 3. The SMILES string of the molecule is Cc1cc(Nc2nccc(-c3cnc4c(c3)CCC(=O)N4)n2)ccc1N1CC2CC1CN2C. The van der Waals surface area contributed by atoms with Gasteiger partial charge >= 0.3 is 0 Å². The number of fused-ring (bicyclic) bond motifs is 3. The van der Waals surface area contributed by atoms with Crippen molar-refractivity contribution in [2.24, 2.45) is 0 Å². The third-order valence-corrected chi connectivity index (χ3v) is 7.07. The lowest BCUT2D eigenvalue weighted by molar-refractivity contribution is -0.116. The Hall–Kier alpha value is -3.52. The van der Waals surface area contributed by atoms with Gasteiger partial charge in [0.1, 0.15) is 5.82 Å². The van der Waals surface area contributed by atoms with Crippen LogP contribution in [0.5, 0.6) is 0 Å². The van der Waals surface area contributed by atoms with Gasteiger partial charge in [-0.15, -0.1) is 0 Å². The average Bonchev–Trinajstić information content (AvgIpc) is 3.38. The van der Waals surface area contributed by atoms with Gasteiger partial charge in [0.25, 0.3) is 0 Å². The monoisotopic (exact) mass is 441 g/mol. The number of carbonyl (C=O) groups excluding carboxylic acids is 1. The van der Waals surface area contributed by atoms with Crippen molar-refractivity contribution in [2.75, 3.05) is 35.7 Å². The number of likely N-dealkylation sites (N-methyl/N-ethyl adjacent to an activating group) is 1. The number of nitrogens with one attached hydrogen (secondary N) is 2. The molecule has 2 bridgehead atoms. The first kappa shape index (κ1) is 20.1. The summed E-state index contributed by atoms with van der Waals surface area (Å²) in [4.78, 5) is 30.2. The highest BCUT2D eigenvalue weighted by atomic mass is 16.1. The zero-order chi connectivity index (χ0) is 22.5. The van der Waals surface area contributed by atoms with Crippen molar-refractivity contribution in [2.45, 2.75) is 38.3 Å². The molecule has 2 atom stereocenters. The second-order valence-electron chi connectivity index (χ2n) is 9.31. The van der Waals surface area contributed by atoms with E-state index in [1.165, 1.54) is 17.7 Å². The topological polar surface area (TPSA) is 86.3 Å². The van der Waals surface area contributed by atoms with E-state index >= 15 is 0 Å². The fourth-order valence-corrected chi connectivity index (χ4v) is 5.32. The molecule has 168 valence electrons. The molecule has 2 fully saturated rings. The van der Waals surface area contributed by atoms with Crippen LogP contribution < -0.4 is 15.5 Å². The molecule has 2 unspecified atom stereocenters. The summed E-state index contributed by atoms with van der Waals surface area (Å²) in [6.45, 7) is 4.43. The van der Waals surface area contributed by atoms with E-state index in [1.807, 2.05) is 12.1 Å².